The van der Waals surface area contributed by atoms with Crippen molar-refractivity contribution in [2.45, 2.75) is 26.8 Å². The van der Waals surface area contributed by atoms with E-state index in [-0.39, 0.29) is 17.9 Å². The summed E-state index contributed by atoms with van der Waals surface area (Å²) in [5.41, 5.74) is 2.19. The molecule has 0 aliphatic carbocycles. The normalized spacial score (nSPS) is 17.3. The summed E-state index contributed by atoms with van der Waals surface area (Å²) in [5, 5.41) is 6.34. The molecule has 23 heavy (non-hydrogen) atoms. The minimum atomic E-state index is 0.0101. The van der Waals surface area contributed by atoms with Crippen LogP contribution in [-0.2, 0) is 4.79 Å². The van der Waals surface area contributed by atoms with Gasteiger partial charge in [0.15, 0.2) is 0 Å². The van der Waals surface area contributed by atoms with Gasteiger partial charge in [-0.05, 0) is 50.6 Å². The molecule has 2 unspecified atom stereocenters. The van der Waals surface area contributed by atoms with E-state index in [1.807, 2.05) is 31.5 Å². The van der Waals surface area contributed by atoms with Crippen molar-refractivity contribution >= 4 is 5.91 Å². The first-order valence-electron chi connectivity index (χ1n) is 8.17. The van der Waals surface area contributed by atoms with E-state index >= 15 is 0 Å². The van der Waals surface area contributed by atoms with Crippen LogP contribution >= 0.6 is 0 Å². The number of amides is 1. The molecule has 2 heterocycles. The van der Waals surface area contributed by atoms with Crippen LogP contribution in [0.1, 0.15) is 31.3 Å². The van der Waals surface area contributed by atoms with Gasteiger partial charge in [-0.1, -0.05) is 19.1 Å². The Kier molecular flexibility index (Phi) is 4.48. The molecular formula is C18H24N4O. The number of hydrogen-bond donors (Lipinski definition) is 2. The molecule has 0 spiro atoms. The van der Waals surface area contributed by atoms with Gasteiger partial charge >= 0.3 is 0 Å². The first-order chi connectivity index (χ1) is 11.1. The summed E-state index contributed by atoms with van der Waals surface area (Å²) < 4.78 is 2.04. The van der Waals surface area contributed by atoms with Gasteiger partial charge in [-0.2, -0.15) is 0 Å². The Hall–Kier alpha value is -2.14. The van der Waals surface area contributed by atoms with Crippen LogP contribution in [0.15, 0.2) is 36.7 Å². The molecule has 1 saturated heterocycles. The Morgan fingerprint density at radius 1 is 1.30 bits per heavy atom. The lowest BCUT2D eigenvalue weighted by molar-refractivity contribution is -0.127. The second-order valence-corrected chi connectivity index (χ2v) is 6.37. The number of aromatic nitrogens is 2. The third-order valence-electron chi connectivity index (χ3n) is 4.79. The fourth-order valence-corrected chi connectivity index (χ4v) is 2.88. The molecular weight excluding hydrogens is 288 g/mol. The van der Waals surface area contributed by atoms with Crippen LogP contribution in [0.25, 0.3) is 5.69 Å². The van der Waals surface area contributed by atoms with Crippen molar-refractivity contribution in [3.8, 4) is 5.69 Å². The molecule has 2 N–H and O–H groups in total. The van der Waals surface area contributed by atoms with Crippen molar-refractivity contribution in [1.82, 2.24) is 20.2 Å². The molecule has 122 valence electrons. The number of imidazole rings is 1. The molecule has 3 rings (SSSR count). The fraction of sp³-hybridized carbons (Fsp3) is 0.444. The van der Waals surface area contributed by atoms with Gasteiger partial charge in [-0.25, -0.2) is 4.98 Å². The molecule has 1 aliphatic rings. The Labute approximate surface area is 137 Å². The number of carbonyl (C=O) groups is 1. The smallest absolute Gasteiger partial charge is 0.223 e. The number of carbonyl (C=O) groups excluding carboxylic acids is 1. The fourth-order valence-electron chi connectivity index (χ4n) is 2.88. The number of nitrogens with one attached hydrogen (secondary N) is 2. The van der Waals surface area contributed by atoms with Crippen molar-refractivity contribution in [1.29, 1.82) is 0 Å². The molecule has 5 heteroatoms. The SMILES string of the molecule is Cc1nccn1-c1ccc(C(C)NC(=O)C(C)C2CNC2)cc1. The summed E-state index contributed by atoms with van der Waals surface area (Å²) in [6.07, 6.45) is 3.74. The van der Waals surface area contributed by atoms with E-state index in [9.17, 15) is 4.79 Å². The van der Waals surface area contributed by atoms with Gasteiger partial charge in [0.1, 0.15) is 5.82 Å². The van der Waals surface area contributed by atoms with Crippen LogP contribution in [0.5, 0.6) is 0 Å². The van der Waals surface area contributed by atoms with Gasteiger partial charge in [0.2, 0.25) is 5.91 Å². The molecule has 2 aromatic rings. The predicted octanol–water partition coefficient (Wildman–Crippen LogP) is 2.21. The van der Waals surface area contributed by atoms with Crippen molar-refractivity contribution in [2.75, 3.05) is 13.1 Å². The third-order valence-corrected chi connectivity index (χ3v) is 4.79. The van der Waals surface area contributed by atoms with E-state index in [4.69, 9.17) is 0 Å². The van der Waals surface area contributed by atoms with Crippen molar-refractivity contribution < 1.29 is 4.79 Å². The Bertz CT molecular complexity index is 673. The highest BCUT2D eigenvalue weighted by Crippen LogP contribution is 2.20. The molecule has 1 aromatic carbocycles. The monoisotopic (exact) mass is 312 g/mol. The van der Waals surface area contributed by atoms with Crippen LogP contribution in [0, 0.1) is 18.8 Å². The van der Waals surface area contributed by atoms with Crippen LogP contribution in [0.2, 0.25) is 0 Å². The summed E-state index contributed by atoms with van der Waals surface area (Å²) in [7, 11) is 0. The zero-order valence-corrected chi connectivity index (χ0v) is 13.9. The average molecular weight is 312 g/mol. The van der Waals surface area contributed by atoms with Crippen molar-refractivity contribution in [3.63, 3.8) is 0 Å². The predicted molar refractivity (Wildman–Crippen MR) is 90.4 cm³/mol. The van der Waals surface area contributed by atoms with Crippen molar-refractivity contribution in [2.24, 2.45) is 11.8 Å². The van der Waals surface area contributed by atoms with E-state index in [1.54, 1.807) is 6.20 Å². The number of aryl methyl sites for hydroxylation is 1. The highest BCUT2D eigenvalue weighted by molar-refractivity contribution is 5.79. The lowest BCUT2D eigenvalue weighted by Gasteiger charge is -2.32. The van der Waals surface area contributed by atoms with Crippen LogP contribution < -0.4 is 10.6 Å². The largest absolute Gasteiger partial charge is 0.349 e. The van der Waals surface area contributed by atoms with Gasteiger partial charge in [0.05, 0.1) is 6.04 Å². The van der Waals surface area contributed by atoms with E-state index in [1.165, 1.54) is 0 Å². The maximum Gasteiger partial charge on any atom is 0.223 e. The Morgan fingerprint density at radius 3 is 2.52 bits per heavy atom. The zero-order chi connectivity index (χ0) is 16.4. The second-order valence-electron chi connectivity index (χ2n) is 6.37. The molecule has 1 amide bonds. The first kappa shape index (κ1) is 15.7. The zero-order valence-electron chi connectivity index (χ0n) is 13.9. The molecule has 5 nitrogen and oxygen atoms in total. The minimum absolute atomic E-state index is 0.0101. The van der Waals surface area contributed by atoms with Gasteiger partial charge in [-0.15, -0.1) is 0 Å². The highest BCUT2D eigenvalue weighted by atomic mass is 16.1. The summed E-state index contributed by atoms with van der Waals surface area (Å²) in [4.78, 5) is 16.5. The summed E-state index contributed by atoms with van der Waals surface area (Å²) in [6.45, 7) is 7.91. The van der Waals surface area contributed by atoms with E-state index in [0.29, 0.717) is 5.92 Å². The minimum Gasteiger partial charge on any atom is -0.349 e. The summed E-state index contributed by atoms with van der Waals surface area (Å²) >= 11 is 0. The molecule has 0 radical (unpaired) electrons. The van der Waals surface area contributed by atoms with E-state index in [0.717, 1.165) is 30.2 Å². The van der Waals surface area contributed by atoms with E-state index < -0.39 is 0 Å². The number of rotatable bonds is 5. The number of nitrogens with zero attached hydrogens (tertiary/aromatic N) is 2. The number of benzene rings is 1. The van der Waals surface area contributed by atoms with Crippen LogP contribution in [0.3, 0.4) is 0 Å². The lowest BCUT2D eigenvalue weighted by atomic mass is 9.88. The van der Waals surface area contributed by atoms with Crippen molar-refractivity contribution in [3.05, 3.63) is 48.0 Å². The highest BCUT2D eigenvalue weighted by Gasteiger charge is 2.29. The van der Waals surface area contributed by atoms with Gasteiger partial charge in [0.25, 0.3) is 0 Å². The third kappa shape index (κ3) is 3.29. The maximum atomic E-state index is 12.3. The first-order valence-corrected chi connectivity index (χ1v) is 8.17. The maximum absolute atomic E-state index is 12.3. The Morgan fingerprint density at radius 2 is 2.00 bits per heavy atom. The number of hydrogen-bond acceptors (Lipinski definition) is 3. The quantitative estimate of drug-likeness (QED) is 0.890. The lowest BCUT2D eigenvalue weighted by Crippen LogP contribution is -2.49. The standard InChI is InChI=1S/C18H24N4O/c1-12(16-10-19-11-16)18(23)21-13(2)15-4-6-17(7-5-15)22-9-8-20-14(22)3/h4-9,12-13,16,19H,10-11H2,1-3H3,(H,21,23). The topological polar surface area (TPSA) is 59.0 Å². The molecule has 0 bridgehead atoms. The van der Waals surface area contributed by atoms with Gasteiger partial charge in [0, 0.05) is 24.0 Å². The molecule has 1 aromatic heterocycles. The average Bonchev–Trinajstić information content (AvgIpc) is 2.91. The van der Waals surface area contributed by atoms with Gasteiger partial charge in [-0.3, -0.25) is 4.79 Å². The second kappa shape index (κ2) is 6.54. The van der Waals surface area contributed by atoms with E-state index in [2.05, 4.69) is 39.9 Å². The molecule has 0 saturated carbocycles. The molecule has 2 atom stereocenters. The van der Waals surface area contributed by atoms with Gasteiger partial charge < -0.3 is 15.2 Å². The summed E-state index contributed by atoms with van der Waals surface area (Å²) in [5.74, 6) is 1.63. The molecule has 1 fully saturated rings. The van der Waals surface area contributed by atoms with Crippen LogP contribution in [-0.4, -0.2) is 28.5 Å². The summed E-state index contributed by atoms with van der Waals surface area (Å²) in [6, 6.07) is 8.26. The Balaban J connectivity index is 1.64. The van der Waals surface area contributed by atoms with Crippen LogP contribution in [0.4, 0.5) is 0 Å². The molecule has 1 aliphatic heterocycles.